The van der Waals surface area contributed by atoms with Gasteiger partial charge in [0.1, 0.15) is 0 Å². The molecule has 0 amide bonds. The van der Waals surface area contributed by atoms with Crippen LogP contribution in [0.3, 0.4) is 0 Å². The van der Waals surface area contributed by atoms with E-state index in [1.807, 2.05) is 16.0 Å². The zero-order chi connectivity index (χ0) is 6.97. The number of aromatic nitrogens is 2. The van der Waals surface area contributed by atoms with E-state index in [0.29, 0.717) is 5.88 Å². The molecule has 0 bridgehead atoms. The first kappa shape index (κ1) is 6.19. The Bertz CT molecular complexity index is 338. The predicted molar refractivity (Wildman–Crippen MR) is 42.6 cm³/mol. The maximum atomic E-state index is 5.66. The average Bonchev–Trinajstić information content (AvgIpc) is 2.44. The molecule has 52 valence electrons. The summed E-state index contributed by atoms with van der Waals surface area (Å²) >= 11 is 7.27. The Morgan fingerprint density at radius 1 is 1.70 bits per heavy atom. The number of fused-ring (bicyclic) bond motifs is 1. The number of imidazole rings is 1. The Kier molecular flexibility index (Phi) is 1.39. The molecule has 0 aliphatic rings. The van der Waals surface area contributed by atoms with Crippen molar-refractivity contribution in [2.24, 2.45) is 0 Å². The molecule has 0 N–H and O–H groups in total. The molecule has 0 aliphatic heterocycles. The number of thiazole rings is 1. The lowest BCUT2D eigenvalue weighted by Gasteiger charge is -1.87. The lowest BCUT2D eigenvalue weighted by atomic mass is 10.6. The molecule has 0 radical (unpaired) electrons. The van der Waals surface area contributed by atoms with Crippen LogP contribution in [0.2, 0.25) is 0 Å². The lowest BCUT2D eigenvalue weighted by molar-refractivity contribution is 1.11. The predicted octanol–water partition coefficient (Wildman–Crippen LogP) is 2.13. The van der Waals surface area contributed by atoms with Crippen LogP contribution in [0.5, 0.6) is 0 Å². The summed E-state index contributed by atoms with van der Waals surface area (Å²) in [6.07, 6.45) is 3.70. The summed E-state index contributed by atoms with van der Waals surface area (Å²) in [4.78, 5) is 5.12. The van der Waals surface area contributed by atoms with Gasteiger partial charge in [-0.2, -0.15) is 0 Å². The van der Waals surface area contributed by atoms with Crippen molar-refractivity contribution in [3.8, 4) is 0 Å². The summed E-state index contributed by atoms with van der Waals surface area (Å²) in [6, 6.07) is 0. The summed E-state index contributed by atoms with van der Waals surface area (Å²) in [6.45, 7) is 0. The zero-order valence-corrected chi connectivity index (χ0v) is 6.69. The fourth-order valence-electron chi connectivity index (χ4n) is 0.869. The summed E-state index contributed by atoms with van der Waals surface area (Å²) in [5.74, 6) is 0.552. The summed E-state index contributed by atoms with van der Waals surface area (Å²) in [5, 5.41) is 2.02. The molecular weight excluding hydrogens is 168 g/mol. The molecule has 0 atom stereocenters. The Morgan fingerprint density at radius 3 is 3.40 bits per heavy atom. The van der Waals surface area contributed by atoms with Crippen LogP contribution in [0.15, 0.2) is 17.8 Å². The van der Waals surface area contributed by atoms with Crippen LogP contribution >= 0.6 is 22.9 Å². The van der Waals surface area contributed by atoms with Crippen molar-refractivity contribution >= 4 is 27.9 Å². The van der Waals surface area contributed by atoms with Crippen molar-refractivity contribution in [1.29, 1.82) is 0 Å². The van der Waals surface area contributed by atoms with Crippen LogP contribution in [0.25, 0.3) is 4.96 Å². The van der Waals surface area contributed by atoms with Crippen molar-refractivity contribution in [2.75, 3.05) is 0 Å². The molecule has 0 saturated heterocycles. The highest BCUT2D eigenvalue weighted by molar-refractivity contribution is 7.15. The minimum absolute atomic E-state index is 0.552. The van der Waals surface area contributed by atoms with Crippen LogP contribution in [0.1, 0.15) is 5.69 Å². The second-order valence-corrected chi connectivity index (χ2v) is 3.04. The largest absolute Gasteiger partial charge is 0.293 e. The number of halogens is 1. The molecule has 0 saturated carbocycles. The molecule has 2 nitrogen and oxygen atoms in total. The second-order valence-electron chi connectivity index (χ2n) is 1.94. The molecule has 2 heterocycles. The molecule has 0 spiro atoms. The summed E-state index contributed by atoms with van der Waals surface area (Å²) < 4.78 is 2.00. The highest BCUT2D eigenvalue weighted by Gasteiger charge is 2.00. The van der Waals surface area contributed by atoms with Gasteiger partial charge in [-0.1, -0.05) is 0 Å². The monoisotopic (exact) mass is 172 g/mol. The Balaban J connectivity index is 2.76. The summed E-state index contributed by atoms with van der Waals surface area (Å²) in [7, 11) is 0. The van der Waals surface area contributed by atoms with Crippen molar-refractivity contribution in [2.45, 2.75) is 5.88 Å². The third-order valence-corrected chi connectivity index (χ3v) is 2.53. The van der Waals surface area contributed by atoms with Crippen molar-refractivity contribution in [3.63, 3.8) is 0 Å². The minimum Gasteiger partial charge on any atom is -0.293 e. The fourth-order valence-corrected chi connectivity index (χ4v) is 2.02. The van der Waals surface area contributed by atoms with E-state index in [2.05, 4.69) is 4.98 Å². The van der Waals surface area contributed by atoms with Crippen LogP contribution in [0.4, 0.5) is 0 Å². The summed E-state index contributed by atoms with van der Waals surface area (Å²) in [5.41, 5.74) is 1.11. The lowest BCUT2D eigenvalue weighted by Crippen LogP contribution is -1.82. The average molecular weight is 173 g/mol. The number of nitrogens with zero attached hydrogens (tertiary/aromatic N) is 2. The molecule has 10 heavy (non-hydrogen) atoms. The van der Waals surface area contributed by atoms with Gasteiger partial charge in [0.15, 0.2) is 4.96 Å². The molecule has 2 rings (SSSR count). The second kappa shape index (κ2) is 2.25. The maximum absolute atomic E-state index is 5.66. The molecule has 0 aliphatic carbocycles. The molecule has 0 unspecified atom stereocenters. The molecular formula is C6H5ClN2S. The molecule has 4 heteroatoms. The number of rotatable bonds is 1. The van der Waals surface area contributed by atoms with Crippen molar-refractivity contribution < 1.29 is 0 Å². The van der Waals surface area contributed by atoms with Gasteiger partial charge in [-0.15, -0.1) is 22.9 Å². The van der Waals surface area contributed by atoms with E-state index in [1.165, 1.54) is 0 Å². The molecule has 0 aromatic carbocycles. The zero-order valence-electron chi connectivity index (χ0n) is 5.12. The van der Waals surface area contributed by atoms with E-state index in [4.69, 9.17) is 11.6 Å². The first-order valence-corrected chi connectivity index (χ1v) is 4.28. The Labute approximate surface area is 67.1 Å². The first-order valence-electron chi connectivity index (χ1n) is 2.87. The quantitative estimate of drug-likeness (QED) is 0.603. The van der Waals surface area contributed by atoms with E-state index in [-0.39, 0.29) is 0 Å². The smallest absolute Gasteiger partial charge is 0.193 e. The van der Waals surface area contributed by atoms with Gasteiger partial charge in [-0.05, 0) is 0 Å². The highest BCUT2D eigenvalue weighted by atomic mass is 35.5. The van der Waals surface area contributed by atoms with Gasteiger partial charge < -0.3 is 0 Å². The molecule has 2 aromatic heterocycles. The van der Waals surface area contributed by atoms with Gasteiger partial charge in [0.2, 0.25) is 0 Å². The molecule has 2 aromatic rings. The van der Waals surface area contributed by atoms with Gasteiger partial charge in [0.05, 0.1) is 5.88 Å². The SMILES string of the molecule is ClCc1csc2nccn12. The first-order chi connectivity index (χ1) is 4.92. The van der Waals surface area contributed by atoms with Gasteiger partial charge >= 0.3 is 0 Å². The van der Waals surface area contributed by atoms with Gasteiger partial charge in [0, 0.05) is 23.5 Å². The topological polar surface area (TPSA) is 17.3 Å². The normalized spacial score (nSPS) is 10.9. The van der Waals surface area contributed by atoms with E-state index in [9.17, 15) is 0 Å². The van der Waals surface area contributed by atoms with Crippen LogP contribution < -0.4 is 0 Å². The molecule has 0 fully saturated rings. The fraction of sp³-hybridized carbons (Fsp3) is 0.167. The van der Waals surface area contributed by atoms with Gasteiger partial charge in [0.25, 0.3) is 0 Å². The highest BCUT2D eigenvalue weighted by Crippen LogP contribution is 2.15. The van der Waals surface area contributed by atoms with Gasteiger partial charge in [-0.25, -0.2) is 4.98 Å². The maximum Gasteiger partial charge on any atom is 0.193 e. The number of alkyl halides is 1. The third kappa shape index (κ3) is 0.744. The standard InChI is InChI=1S/C6H5ClN2S/c7-3-5-4-10-6-8-1-2-9(5)6/h1-2,4H,3H2. The minimum atomic E-state index is 0.552. The number of hydrogen-bond acceptors (Lipinski definition) is 2. The van der Waals surface area contributed by atoms with Gasteiger partial charge in [-0.3, -0.25) is 4.40 Å². The van der Waals surface area contributed by atoms with E-state index >= 15 is 0 Å². The Morgan fingerprint density at radius 2 is 2.60 bits per heavy atom. The van der Waals surface area contributed by atoms with E-state index in [1.54, 1.807) is 17.5 Å². The van der Waals surface area contributed by atoms with E-state index in [0.717, 1.165) is 10.7 Å². The van der Waals surface area contributed by atoms with E-state index < -0.39 is 0 Å². The van der Waals surface area contributed by atoms with Crippen LogP contribution in [0, 0.1) is 0 Å². The van der Waals surface area contributed by atoms with Crippen LogP contribution in [-0.4, -0.2) is 9.38 Å². The Hall–Kier alpha value is -0.540. The number of hydrogen-bond donors (Lipinski definition) is 0. The van der Waals surface area contributed by atoms with Crippen LogP contribution in [-0.2, 0) is 5.88 Å². The van der Waals surface area contributed by atoms with Crippen molar-refractivity contribution in [1.82, 2.24) is 9.38 Å². The third-order valence-electron chi connectivity index (χ3n) is 1.35. The van der Waals surface area contributed by atoms with Crippen molar-refractivity contribution in [3.05, 3.63) is 23.5 Å².